The van der Waals surface area contributed by atoms with E-state index in [-0.39, 0.29) is 12.5 Å². The minimum absolute atomic E-state index is 0.192. The summed E-state index contributed by atoms with van der Waals surface area (Å²) in [5, 5.41) is 5.07. The van der Waals surface area contributed by atoms with Gasteiger partial charge in [0.15, 0.2) is 0 Å². The number of hydrogen-bond acceptors (Lipinski definition) is 3. The van der Waals surface area contributed by atoms with Gasteiger partial charge in [0.05, 0.1) is 0 Å². The second-order valence-electron chi connectivity index (χ2n) is 7.55. The molecule has 1 aliphatic heterocycles. The molecule has 3 aromatic rings. The van der Waals surface area contributed by atoms with E-state index in [2.05, 4.69) is 5.32 Å². The van der Waals surface area contributed by atoms with Gasteiger partial charge in [-0.2, -0.15) is 0 Å². The number of carbonyl (C=O) groups is 2. The molecule has 2 amide bonds. The van der Waals surface area contributed by atoms with Crippen LogP contribution in [0.2, 0.25) is 0 Å². The molecular formula is C24H24N2O3. The van der Waals surface area contributed by atoms with Crippen LogP contribution in [0.15, 0.2) is 72.8 Å². The second kappa shape index (κ2) is 7.95. The molecule has 3 aromatic carbocycles. The van der Waals surface area contributed by atoms with E-state index in [4.69, 9.17) is 4.74 Å². The average Bonchev–Trinajstić information content (AvgIpc) is 3.16. The molecule has 1 atom stereocenters. The van der Waals surface area contributed by atoms with Gasteiger partial charge in [-0.3, -0.25) is 9.69 Å². The van der Waals surface area contributed by atoms with Gasteiger partial charge in [-0.05, 0) is 36.8 Å². The Morgan fingerprint density at radius 3 is 2.55 bits per heavy atom. The SMILES string of the molecule is CC1(C(=O)Nc2cccc3ccccc23)CCCN1C(=O)OCc1ccccc1. The molecule has 0 bridgehead atoms. The molecule has 1 unspecified atom stereocenters. The zero-order valence-corrected chi connectivity index (χ0v) is 16.4. The van der Waals surface area contributed by atoms with E-state index in [0.29, 0.717) is 13.0 Å². The Morgan fingerprint density at radius 2 is 1.72 bits per heavy atom. The lowest BCUT2D eigenvalue weighted by Crippen LogP contribution is -2.53. The minimum atomic E-state index is -0.940. The van der Waals surface area contributed by atoms with E-state index < -0.39 is 11.6 Å². The maximum Gasteiger partial charge on any atom is 0.410 e. The number of nitrogens with zero attached hydrogens (tertiary/aromatic N) is 1. The highest BCUT2D eigenvalue weighted by Crippen LogP contribution is 2.32. The van der Waals surface area contributed by atoms with E-state index in [1.54, 1.807) is 4.90 Å². The number of benzene rings is 3. The molecule has 1 fully saturated rings. The van der Waals surface area contributed by atoms with Crippen LogP contribution in [-0.4, -0.2) is 29.0 Å². The smallest absolute Gasteiger partial charge is 0.410 e. The normalized spacial score (nSPS) is 18.6. The Bertz CT molecular complexity index is 1030. The molecular weight excluding hydrogens is 364 g/mol. The maximum absolute atomic E-state index is 13.2. The molecule has 0 saturated carbocycles. The number of hydrogen-bond donors (Lipinski definition) is 1. The van der Waals surface area contributed by atoms with Crippen molar-refractivity contribution in [2.45, 2.75) is 31.9 Å². The van der Waals surface area contributed by atoms with Crippen LogP contribution in [0.3, 0.4) is 0 Å². The molecule has 29 heavy (non-hydrogen) atoms. The van der Waals surface area contributed by atoms with Crippen molar-refractivity contribution >= 4 is 28.5 Å². The molecule has 1 heterocycles. The van der Waals surface area contributed by atoms with Gasteiger partial charge < -0.3 is 10.1 Å². The summed E-state index contributed by atoms with van der Waals surface area (Å²) < 4.78 is 5.49. The first-order valence-corrected chi connectivity index (χ1v) is 9.85. The number of nitrogens with one attached hydrogen (secondary N) is 1. The van der Waals surface area contributed by atoms with Gasteiger partial charge in [0, 0.05) is 17.6 Å². The van der Waals surface area contributed by atoms with Crippen LogP contribution in [0.4, 0.5) is 10.5 Å². The van der Waals surface area contributed by atoms with Crippen molar-refractivity contribution < 1.29 is 14.3 Å². The van der Waals surface area contributed by atoms with E-state index in [1.807, 2.05) is 79.7 Å². The molecule has 5 nitrogen and oxygen atoms in total. The topological polar surface area (TPSA) is 58.6 Å². The summed E-state index contributed by atoms with van der Waals surface area (Å²) in [6, 6.07) is 23.3. The zero-order valence-electron chi connectivity index (χ0n) is 16.4. The van der Waals surface area contributed by atoms with Gasteiger partial charge in [0.25, 0.3) is 0 Å². The van der Waals surface area contributed by atoms with Gasteiger partial charge in [-0.15, -0.1) is 0 Å². The molecule has 1 aliphatic rings. The van der Waals surface area contributed by atoms with Crippen LogP contribution in [0.1, 0.15) is 25.3 Å². The third kappa shape index (κ3) is 3.81. The summed E-state index contributed by atoms with van der Waals surface area (Å²) in [4.78, 5) is 27.5. The molecule has 0 aromatic heterocycles. The monoisotopic (exact) mass is 388 g/mol. The van der Waals surface area contributed by atoms with Gasteiger partial charge >= 0.3 is 6.09 Å². The molecule has 0 aliphatic carbocycles. The number of fused-ring (bicyclic) bond motifs is 1. The fourth-order valence-electron chi connectivity index (χ4n) is 3.88. The fourth-order valence-corrected chi connectivity index (χ4v) is 3.88. The van der Waals surface area contributed by atoms with Crippen molar-refractivity contribution in [2.24, 2.45) is 0 Å². The number of ether oxygens (including phenoxy) is 1. The first kappa shape index (κ1) is 19.0. The quantitative estimate of drug-likeness (QED) is 0.686. The Labute approximate surface area is 170 Å². The molecule has 4 rings (SSSR count). The third-order valence-corrected chi connectivity index (χ3v) is 5.59. The Kier molecular flexibility index (Phi) is 5.21. The Morgan fingerprint density at radius 1 is 1.00 bits per heavy atom. The van der Waals surface area contributed by atoms with E-state index in [1.165, 1.54) is 0 Å². The molecule has 5 heteroatoms. The van der Waals surface area contributed by atoms with E-state index in [0.717, 1.165) is 28.4 Å². The van der Waals surface area contributed by atoms with Crippen molar-refractivity contribution in [3.63, 3.8) is 0 Å². The summed E-state index contributed by atoms with van der Waals surface area (Å²) in [5.74, 6) is -0.192. The highest BCUT2D eigenvalue weighted by Gasteiger charge is 2.46. The summed E-state index contributed by atoms with van der Waals surface area (Å²) in [5.41, 5.74) is 0.728. The maximum atomic E-state index is 13.2. The number of carbonyl (C=O) groups excluding carboxylic acids is 2. The van der Waals surface area contributed by atoms with Crippen molar-refractivity contribution in [3.05, 3.63) is 78.4 Å². The first-order chi connectivity index (χ1) is 14.1. The van der Waals surface area contributed by atoms with Crippen molar-refractivity contribution in [2.75, 3.05) is 11.9 Å². The standard InChI is InChI=1S/C24H24N2O3/c1-24(22(27)25-21-14-7-12-19-11-5-6-13-20(19)21)15-8-16-26(24)23(28)29-17-18-9-3-2-4-10-18/h2-7,9-14H,8,15-17H2,1H3,(H,25,27). The number of amides is 2. The molecule has 1 N–H and O–H groups in total. The lowest BCUT2D eigenvalue weighted by Gasteiger charge is -2.33. The van der Waals surface area contributed by atoms with Gasteiger partial charge in [0.2, 0.25) is 5.91 Å². The Balaban J connectivity index is 1.49. The summed E-state index contributed by atoms with van der Waals surface area (Å²) in [6.07, 6.45) is 0.908. The van der Waals surface area contributed by atoms with Crippen molar-refractivity contribution in [1.29, 1.82) is 0 Å². The molecule has 0 spiro atoms. The molecule has 1 saturated heterocycles. The van der Waals surface area contributed by atoms with Crippen LogP contribution in [0.25, 0.3) is 10.8 Å². The largest absolute Gasteiger partial charge is 0.445 e. The summed E-state index contributed by atoms with van der Waals surface area (Å²) >= 11 is 0. The number of likely N-dealkylation sites (tertiary alicyclic amines) is 1. The lowest BCUT2D eigenvalue weighted by atomic mass is 9.97. The zero-order chi connectivity index (χ0) is 20.3. The summed E-state index contributed by atoms with van der Waals surface area (Å²) in [6.45, 7) is 2.51. The van der Waals surface area contributed by atoms with Gasteiger partial charge in [-0.1, -0.05) is 66.7 Å². The lowest BCUT2D eigenvalue weighted by molar-refractivity contribution is -0.125. The Hall–Kier alpha value is -3.34. The van der Waals surface area contributed by atoms with E-state index in [9.17, 15) is 9.59 Å². The van der Waals surface area contributed by atoms with Crippen molar-refractivity contribution in [1.82, 2.24) is 4.90 Å². The van der Waals surface area contributed by atoms with Crippen LogP contribution in [-0.2, 0) is 16.1 Å². The summed E-state index contributed by atoms with van der Waals surface area (Å²) in [7, 11) is 0. The van der Waals surface area contributed by atoms with Gasteiger partial charge in [-0.25, -0.2) is 4.79 Å². The van der Waals surface area contributed by atoms with Gasteiger partial charge in [0.1, 0.15) is 12.1 Å². The van der Waals surface area contributed by atoms with Crippen LogP contribution >= 0.6 is 0 Å². The third-order valence-electron chi connectivity index (χ3n) is 5.59. The fraction of sp³-hybridized carbons (Fsp3) is 0.250. The minimum Gasteiger partial charge on any atom is -0.445 e. The average molecular weight is 388 g/mol. The number of rotatable bonds is 4. The van der Waals surface area contributed by atoms with Crippen molar-refractivity contribution in [3.8, 4) is 0 Å². The highest BCUT2D eigenvalue weighted by atomic mass is 16.6. The second-order valence-corrected chi connectivity index (χ2v) is 7.55. The van der Waals surface area contributed by atoms with Crippen LogP contribution in [0.5, 0.6) is 0 Å². The predicted octanol–water partition coefficient (Wildman–Crippen LogP) is 4.97. The van der Waals surface area contributed by atoms with Crippen LogP contribution in [0, 0.1) is 0 Å². The molecule has 0 radical (unpaired) electrons. The van der Waals surface area contributed by atoms with E-state index >= 15 is 0 Å². The first-order valence-electron chi connectivity index (χ1n) is 9.85. The van der Waals surface area contributed by atoms with Crippen LogP contribution < -0.4 is 5.32 Å². The number of anilines is 1. The highest BCUT2D eigenvalue weighted by molar-refractivity contribution is 6.06. The predicted molar refractivity (Wildman–Crippen MR) is 114 cm³/mol. The molecule has 148 valence electrons.